The number of unbranched alkanes of at least 4 members (excludes halogenated alkanes) is 29. The van der Waals surface area contributed by atoms with Crippen LogP contribution in [0.25, 0.3) is 0 Å². The predicted molar refractivity (Wildman–Crippen MR) is 352 cm³/mol. The van der Waals surface area contributed by atoms with E-state index >= 15 is 0 Å². The van der Waals surface area contributed by atoms with Gasteiger partial charge in [-0.05, 0) is 84.2 Å². The summed E-state index contributed by atoms with van der Waals surface area (Å²) in [5, 5.41) is 0. The fourth-order valence-corrected chi connectivity index (χ4v) is 9.88. The quantitative estimate of drug-likeness (QED) is 0.0328. The van der Waals surface area contributed by atoms with Gasteiger partial charge in [0.2, 0.25) is 0 Å². The van der Waals surface area contributed by atoms with Gasteiger partial charge in [0.25, 0.3) is 0 Å². The summed E-state index contributed by atoms with van der Waals surface area (Å²) < 4.78 is 40.9. The van der Waals surface area contributed by atoms with Crippen molar-refractivity contribution in [3.63, 3.8) is 0 Å². The van der Waals surface area contributed by atoms with E-state index < -0.39 is 0 Å². The maximum atomic E-state index is 11.6. The van der Waals surface area contributed by atoms with E-state index in [1.54, 1.807) is 21.3 Å². The fourth-order valence-electron chi connectivity index (χ4n) is 9.88. The first-order valence-corrected chi connectivity index (χ1v) is 35.2. The Bertz CT molecular complexity index is 1040. The maximum Gasteiger partial charge on any atom is 0.305 e. The van der Waals surface area contributed by atoms with Gasteiger partial charge in [-0.1, -0.05) is 235 Å². The number of hydrogen-bond acceptors (Lipinski definition) is 13. The summed E-state index contributed by atoms with van der Waals surface area (Å²) in [6.07, 6.45) is 50.2. The molecule has 0 unspecified atom stereocenters. The van der Waals surface area contributed by atoms with Crippen molar-refractivity contribution in [2.75, 3.05) is 160 Å². The molecule has 0 bridgehead atoms. The van der Waals surface area contributed by atoms with Crippen LogP contribution in [0.15, 0.2) is 0 Å². The van der Waals surface area contributed by atoms with Gasteiger partial charge in [-0.25, -0.2) is 0 Å². The highest BCUT2D eigenvalue weighted by molar-refractivity contribution is 5.69. The molecule has 82 heavy (non-hydrogen) atoms. The number of nitrogens with zero attached hydrogens (tertiary/aromatic N) is 4. The first-order chi connectivity index (χ1) is 40.4. The predicted octanol–water partition coefficient (Wildman–Crippen LogP) is 17.2. The summed E-state index contributed by atoms with van der Waals surface area (Å²) in [5.41, 5.74) is 0. The van der Waals surface area contributed by atoms with Gasteiger partial charge in [0.15, 0.2) is 0 Å². The van der Waals surface area contributed by atoms with E-state index in [-0.39, 0.29) is 5.97 Å². The van der Waals surface area contributed by atoms with Crippen LogP contribution < -0.4 is 0 Å². The largest absolute Gasteiger partial charge is 0.464 e. The molecule has 1 rings (SSSR count). The van der Waals surface area contributed by atoms with Crippen LogP contribution in [-0.4, -0.2) is 185 Å². The highest BCUT2D eigenvalue weighted by Crippen LogP contribution is 2.14. The second-order valence-corrected chi connectivity index (χ2v) is 23.1. The molecule has 0 N–H and O–H groups in total. The molecule has 0 aromatic carbocycles. The fraction of sp³-hybridized carbons (Fsp3) is 0.986. The maximum absolute atomic E-state index is 11.6. The minimum absolute atomic E-state index is 0.0313. The second-order valence-electron chi connectivity index (χ2n) is 23.1. The van der Waals surface area contributed by atoms with Crippen molar-refractivity contribution in [1.29, 1.82) is 0 Å². The minimum atomic E-state index is -0.0313. The van der Waals surface area contributed by atoms with Gasteiger partial charge in [-0.15, -0.1) is 0 Å². The zero-order chi connectivity index (χ0) is 60.6. The van der Waals surface area contributed by atoms with E-state index in [2.05, 4.69) is 68.1 Å². The topological polar surface area (TPSA) is 104 Å². The van der Waals surface area contributed by atoms with Crippen molar-refractivity contribution in [1.82, 2.24) is 19.6 Å². The Labute approximate surface area is 512 Å². The van der Waals surface area contributed by atoms with Crippen molar-refractivity contribution in [2.24, 2.45) is 0 Å². The third kappa shape index (κ3) is 73.3. The molecule has 0 spiro atoms. The molecule has 1 aliphatic rings. The molecule has 13 nitrogen and oxygen atoms in total. The van der Waals surface area contributed by atoms with E-state index in [1.807, 2.05) is 0 Å². The average Bonchev–Trinajstić information content (AvgIpc) is 3.49. The van der Waals surface area contributed by atoms with E-state index in [1.165, 1.54) is 258 Å². The Kier molecular flexibility index (Phi) is 81.1. The number of carbonyl (C=O) groups is 1. The smallest absolute Gasteiger partial charge is 0.305 e. The lowest BCUT2D eigenvalue weighted by Crippen LogP contribution is -2.38. The highest BCUT2D eigenvalue weighted by Gasteiger charge is 2.12. The van der Waals surface area contributed by atoms with E-state index in [4.69, 9.17) is 37.9 Å². The van der Waals surface area contributed by atoms with Crippen LogP contribution in [0.2, 0.25) is 0 Å². The molecule has 1 heterocycles. The van der Waals surface area contributed by atoms with Crippen molar-refractivity contribution in [3.05, 3.63) is 0 Å². The Morgan fingerprint density at radius 2 is 0.598 bits per heavy atom. The zero-order valence-electron chi connectivity index (χ0n) is 57.0. The van der Waals surface area contributed by atoms with Crippen LogP contribution in [0.5, 0.6) is 0 Å². The molecule has 0 aliphatic carbocycles. The summed E-state index contributed by atoms with van der Waals surface area (Å²) in [4.78, 5) is 21.6. The first kappa shape index (κ1) is 85.2. The average molecular weight is 1180 g/mol. The van der Waals surface area contributed by atoms with Gasteiger partial charge in [-0.2, -0.15) is 0 Å². The molecule has 13 heteroatoms. The van der Waals surface area contributed by atoms with Crippen LogP contribution >= 0.6 is 0 Å². The van der Waals surface area contributed by atoms with Gasteiger partial charge in [0, 0.05) is 67.0 Å². The summed E-state index contributed by atoms with van der Waals surface area (Å²) in [5.74, 6) is -0.0313. The number of esters is 1. The van der Waals surface area contributed by atoms with Crippen molar-refractivity contribution < 1.29 is 42.7 Å². The van der Waals surface area contributed by atoms with E-state index in [9.17, 15) is 4.79 Å². The summed E-state index contributed by atoms with van der Waals surface area (Å²) in [6.45, 7) is 34.2. The van der Waals surface area contributed by atoms with Gasteiger partial charge in [-0.3, -0.25) is 14.6 Å². The molecule has 0 amide bonds. The number of ether oxygens (including phenoxy) is 8. The zero-order valence-corrected chi connectivity index (χ0v) is 57.0. The van der Waals surface area contributed by atoms with Gasteiger partial charge in [0.05, 0.1) is 33.0 Å². The molecule has 0 radical (unpaired) electrons. The van der Waals surface area contributed by atoms with Gasteiger partial charge < -0.3 is 47.7 Å². The van der Waals surface area contributed by atoms with Gasteiger partial charge in [0.1, 0.15) is 27.0 Å². The molecule has 0 aromatic rings. The Morgan fingerprint density at radius 1 is 0.341 bits per heavy atom. The molecular weight excluding hydrogens is 1030 g/mol. The number of hydrogen-bond donors (Lipinski definition) is 0. The van der Waals surface area contributed by atoms with Crippen LogP contribution in [0.1, 0.15) is 286 Å². The van der Waals surface area contributed by atoms with Crippen molar-refractivity contribution in [2.45, 2.75) is 286 Å². The van der Waals surface area contributed by atoms with Crippen LogP contribution in [0, 0.1) is 0 Å². The Morgan fingerprint density at radius 3 is 0.902 bits per heavy atom. The molecule has 1 fully saturated rings. The third-order valence-corrected chi connectivity index (χ3v) is 15.2. The molecule has 0 saturated carbocycles. The van der Waals surface area contributed by atoms with Crippen LogP contribution in [0.3, 0.4) is 0 Å². The summed E-state index contributed by atoms with van der Waals surface area (Å²) in [7, 11) is 4.82. The first-order valence-electron chi connectivity index (χ1n) is 35.2. The lowest BCUT2D eigenvalue weighted by molar-refractivity contribution is -0.144. The molecule has 496 valence electrons. The standard InChI is InChI=1S/C24H51N.C18H35NO3.C15H33N.C12H27NO6/c1-4-7-10-13-16-19-22-25(23-20-17-14-11-8-5-2)24-21-18-15-12-9-6-3;1-2-3-4-5-6-7-8-9-10-11-18(20)22-17-14-19-12-15-21-16-13-19;1-4-7-10-13-16(14-11-8-5-2)15-12-9-6-3;1-14-10-17-7-4-13(5-8-18-11-15-2)6-9-19-12-16-3/h4-24H2,1-3H3;2-17H2,1H3;4-15H2,1-3H3;4-12H2,1-3H3. The molecule has 0 atom stereocenters. The van der Waals surface area contributed by atoms with E-state index in [0.29, 0.717) is 53.2 Å². The number of rotatable bonds is 61. The Hall–Kier alpha value is -0.970. The highest BCUT2D eigenvalue weighted by atomic mass is 16.7. The lowest BCUT2D eigenvalue weighted by Gasteiger charge is -2.26. The SMILES string of the molecule is CCCCCCCCCCCC(=O)OCCN1CCOCC1.CCCCCCCCN(CCCCCCCC)CCCCCCCC.CCCCCN(CCCCC)CCCCC.COCOCCN(CCOCOC)CCOCOC. The lowest BCUT2D eigenvalue weighted by atomic mass is 10.1. The molecular formula is C69H146N4O9. The van der Waals surface area contributed by atoms with E-state index in [0.717, 1.165) is 65.3 Å². The van der Waals surface area contributed by atoms with Crippen LogP contribution in [0.4, 0.5) is 0 Å². The minimum Gasteiger partial charge on any atom is -0.464 e. The summed E-state index contributed by atoms with van der Waals surface area (Å²) >= 11 is 0. The summed E-state index contributed by atoms with van der Waals surface area (Å²) in [6, 6.07) is 0. The normalized spacial score (nSPS) is 12.6. The van der Waals surface area contributed by atoms with Gasteiger partial charge >= 0.3 is 5.97 Å². The molecule has 1 saturated heterocycles. The molecule has 1 aliphatic heterocycles. The number of carbonyl (C=O) groups excluding carboxylic acids is 1. The monoisotopic (exact) mass is 1180 g/mol. The Balaban J connectivity index is -0.00000103. The third-order valence-electron chi connectivity index (χ3n) is 15.2. The number of methoxy groups -OCH3 is 3. The second kappa shape index (κ2) is 78.0. The van der Waals surface area contributed by atoms with Crippen molar-refractivity contribution in [3.8, 4) is 0 Å². The van der Waals surface area contributed by atoms with Crippen LogP contribution in [-0.2, 0) is 42.7 Å². The number of morpholine rings is 1. The molecule has 0 aromatic heterocycles. The van der Waals surface area contributed by atoms with Crippen molar-refractivity contribution >= 4 is 5.97 Å².